The summed E-state index contributed by atoms with van der Waals surface area (Å²) < 4.78 is 0. The molecule has 1 unspecified atom stereocenters. The zero-order valence-corrected chi connectivity index (χ0v) is 19.5. The number of fused-ring (bicyclic) bond motifs is 1. The van der Waals surface area contributed by atoms with Crippen molar-refractivity contribution in [2.75, 3.05) is 10.6 Å². The maximum atomic E-state index is 13.2. The van der Waals surface area contributed by atoms with E-state index in [1.807, 2.05) is 0 Å². The number of thiophene rings is 1. The molecule has 1 aromatic heterocycles. The maximum Gasteiger partial charge on any atom is 0.303 e. The molecule has 0 spiro atoms. The first-order chi connectivity index (χ1) is 14.6. The fourth-order valence-corrected chi connectivity index (χ4v) is 5.33. The largest absolute Gasteiger partial charge is 0.481 e. The lowest BCUT2D eigenvalue weighted by atomic mass is 9.72. The van der Waals surface area contributed by atoms with E-state index in [0.717, 1.165) is 29.7 Å². The van der Waals surface area contributed by atoms with Gasteiger partial charge < -0.3 is 15.7 Å². The van der Waals surface area contributed by atoms with Gasteiger partial charge in [0.1, 0.15) is 5.00 Å². The molecule has 1 atom stereocenters. The Balaban J connectivity index is 1.92. The number of carboxylic acids is 1. The molecule has 1 heterocycles. The number of halogens is 1. The van der Waals surface area contributed by atoms with E-state index in [2.05, 4.69) is 31.4 Å². The van der Waals surface area contributed by atoms with Crippen molar-refractivity contribution in [2.45, 2.75) is 52.9 Å². The molecule has 0 fully saturated rings. The fourth-order valence-electron chi connectivity index (χ4n) is 3.81. The summed E-state index contributed by atoms with van der Waals surface area (Å²) in [6.45, 7) is 6.65. The van der Waals surface area contributed by atoms with E-state index in [9.17, 15) is 14.4 Å². The Morgan fingerprint density at radius 3 is 2.52 bits per heavy atom. The number of carbonyl (C=O) groups excluding carboxylic acids is 2. The second kappa shape index (κ2) is 9.40. The topological polar surface area (TPSA) is 95.5 Å². The van der Waals surface area contributed by atoms with Crippen molar-refractivity contribution in [2.24, 2.45) is 11.3 Å². The maximum absolute atomic E-state index is 13.2. The molecular weight excluding hydrogens is 436 g/mol. The number of benzene rings is 1. The number of aliphatic carboxylic acids is 1. The summed E-state index contributed by atoms with van der Waals surface area (Å²) in [6.07, 6.45) is 2.16. The van der Waals surface area contributed by atoms with Gasteiger partial charge in [0.25, 0.3) is 5.91 Å². The van der Waals surface area contributed by atoms with Crippen molar-refractivity contribution in [1.29, 1.82) is 0 Å². The first kappa shape index (κ1) is 23.3. The molecule has 1 aliphatic carbocycles. The number of nitrogens with one attached hydrogen (secondary N) is 2. The molecule has 2 aromatic rings. The van der Waals surface area contributed by atoms with Crippen molar-refractivity contribution in [3.8, 4) is 0 Å². The first-order valence-corrected chi connectivity index (χ1v) is 11.5. The first-order valence-electron chi connectivity index (χ1n) is 10.3. The molecular formula is C23H27ClN2O4S. The van der Waals surface area contributed by atoms with Crippen LogP contribution in [0.1, 0.15) is 60.8 Å². The van der Waals surface area contributed by atoms with Gasteiger partial charge in [-0.2, -0.15) is 0 Å². The summed E-state index contributed by atoms with van der Waals surface area (Å²) >= 11 is 7.61. The zero-order valence-electron chi connectivity index (χ0n) is 17.9. The molecule has 166 valence electrons. The van der Waals surface area contributed by atoms with E-state index in [-0.39, 0.29) is 24.2 Å². The molecule has 31 heavy (non-hydrogen) atoms. The Morgan fingerprint density at radius 1 is 1.16 bits per heavy atom. The number of carbonyl (C=O) groups is 3. The number of hydrogen-bond acceptors (Lipinski definition) is 4. The smallest absolute Gasteiger partial charge is 0.303 e. The molecule has 3 rings (SSSR count). The molecule has 8 heteroatoms. The van der Waals surface area contributed by atoms with E-state index >= 15 is 0 Å². The van der Waals surface area contributed by atoms with Gasteiger partial charge in [-0.05, 0) is 48.3 Å². The molecule has 6 nitrogen and oxygen atoms in total. The summed E-state index contributed by atoms with van der Waals surface area (Å²) in [6, 6.07) is 6.99. The van der Waals surface area contributed by atoms with Crippen molar-refractivity contribution in [1.82, 2.24) is 0 Å². The summed E-state index contributed by atoms with van der Waals surface area (Å²) in [5.74, 6) is -1.30. The summed E-state index contributed by atoms with van der Waals surface area (Å²) in [5, 5.41) is 15.4. The highest BCUT2D eigenvalue weighted by Crippen LogP contribution is 2.44. The summed E-state index contributed by atoms with van der Waals surface area (Å²) in [5.41, 5.74) is 2.06. The predicted octanol–water partition coefficient (Wildman–Crippen LogP) is 5.61. The van der Waals surface area contributed by atoms with Crippen LogP contribution in [-0.2, 0) is 22.4 Å². The van der Waals surface area contributed by atoms with Crippen LogP contribution in [0.15, 0.2) is 24.3 Å². The Bertz CT molecular complexity index is 1010. The quantitative estimate of drug-likeness (QED) is 0.520. The van der Waals surface area contributed by atoms with Crippen LogP contribution in [0.3, 0.4) is 0 Å². The highest BCUT2D eigenvalue weighted by Gasteiger charge is 2.34. The van der Waals surface area contributed by atoms with Gasteiger partial charge in [-0.25, -0.2) is 0 Å². The van der Waals surface area contributed by atoms with Crippen LogP contribution in [0.4, 0.5) is 10.7 Å². The number of carboxylic acid groups (broad SMARTS) is 1. The van der Waals surface area contributed by atoms with Gasteiger partial charge in [0.2, 0.25) is 5.91 Å². The van der Waals surface area contributed by atoms with Crippen LogP contribution in [0.5, 0.6) is 0 Å². The highest BCUT2D eigenvalue weighted by molar-refractivity contribution is 7.17. The van der Waals surface area contributed by atoms with Gasteiger partial charge >= 0.3 is 5.97 Å². The van der Waals surface area contributed by atoms with Gasteiger partial charge in [0.15, 0.2) is 0 Å². The van der Waals surface area contributed by atoms with E-state index in [1.54, 1.807) is 24.3 Å². The minimum Gasteiger partial charge on any atom is -0.481 e. The van der Waals surface area contributed by atoms with E-state index in [1.165, 1.54) is 11.3 Å². The lowest BCUT2D eigenvalue weighted by molar-refractivity contribution is -0.138. The molecule has 0 bridgehead atoms. The lowest BCUT2D eigenvalue weighted by Crippen LogP contribution is -2.27. The monoisotopic (exact) mass is 462 g/mol. The highest BCUT2D eigenvalue weighted by atomic mass is 35.5. The lowest BCUT2D eigenvalue weighted by Gasteiger charge is -2.33. The van der Waals surface area contributed by atoms with E-state index < -0.39 is 11.9 Å². The number of anilines is 2. The van der Waals surface area contributed by atoms with Crippen molar-refractivity contribution < 1.29 is 19.5 Å². The van der Waals surface area contributed by atoms with Gasteiger partial charge in [-0.15, -0.1) is 11.3 Å². The Kier molecular flexibility index (Phi) is 7.06. The van der Waals surface area contributed by atoms with Crippen LogP contribution in [0.25, 0.3) is 0 Å². The fraction of sp³-hybridized carbons (Fsp3) is 0.435. The molecule has 0 saturated heterocycles. The molecule has 3 N–H and O–H groups in total. The Hall–Kier alpha value is -2.38. The van der Waals surface area contributed by atoms with Crippen LogP contribution in [0, 0.1) is 11.3 Å². The normalized spacial score (nSPS) is 15.8. The average Bonchev–Trinajstić information content (AvgIpc) is 3.04. The van der Waals surface area contributed by atoms with Crippen molar-refractivity contribution >= 4 is 51.4 Å². The number of amides is 2. The van der Waals surface area contributed by atoms with Gasteiger partial charge in [-0.1, -0.05) is 44.5 Å². The Labute approximate surface area is 191 Å². The molecule has 1 aromatic carbocycles. The van der Waals surface area contributed by atoms with E-state index in [0.29, 0.717) is 27.2 Å². The third-order valence-corrected chi connectivity index (χ3v) is 7.16. The van der Waals surface area contributed by atoms with Crippen LogP contribution < -0.4 is 10.6 Å². The minimum atomic E-state index is -1.04. The molecule has 1 aliphatic rings. The van der Waals surface area contributed by atoms with Crippen LogP contribution in [0.2, 0.25) is 5.02 Å². The van der Waals surface area contributed by atoms with Gasteiger partial charge in [-0.3, -0.25) is 14.4 Å². The van der Waals surface area contributed by atoms with Crippen molar-refractivity contribution in [3.05, 3.63) is 45.3 Å². The molecule has 0 aliphatic heterocycles. The number of hydrogen-bond donors (Lipinski definition) is 3. The average molecular weight is 463 g/mol. The number of rotatable bonds is 6. The second-order valence-electron chi connectivity index (χ2n) is 8.89. The third-order valence-electron chi connectivity index (χ3n) is 5.66. The minimum absolute atomic E-state index is 0.145. The predicted molar refractivity (Wildman–Crippen MR) is 124 cm³/mol. The SMILES string of the molecule is CC(C)(C)C1CCc2c(sc(NC(=O)CCC(=O)O)c2C(=O)Nc2ccccc2Cl)C1. The third kappa shape index (κ3) is 5.66. The van der Waals surface area contributed by atoms with Crippen LogP contribution >= 0.6 is 22.9 Å². The van der Waals surface area contributed by atoms with Crippen LogP contribution in [-0.4, -0.2) is 22.9 Å². The Morgan fingerprint density at radius 2 is 1.87 bits per heavy atom. The summed E-state index contributed by atoms with van der Waals surface area (Å²) in [4.78, 5) is 37.5. The molecule has 0 saturated carbocycles. The second-order valence-corrected chi connectivity index (χ2v) is 10.4. The van der Waals surface area contributed by atoms with Gasteiger partial charge in [0.05, 0.1) is 22.7 Å². The molecule has 0 radical (unpaired) electrons. The standard InChI is InChI=1S/C23H27ClN2O4S/c1-23(2,3)13-8-9-14-17(12-13)31-22(26-18(27)10-11-19(28)29)20(14)21(30)25-16-7-5-4-6-15(16)24/h4-7,13H,8-12H2,1-3H3,(H,25,30)(H,26,27)(H,28,29). The number of para-hydroxylation sites is 1. The summed E-state index contributed by atoms with van der Waals surface area (Å²) in [7, 11) is 0. The van der Waals surface area contributed by atoms with Crippen molar-refractivity contribution in [3.63, 3.8) is 0 Å². The van der Waals surface area contributed by atoms with Gasteiger partial charge in [0, 0.05) is 11.3 Å². The molecule has 2 amide bonds. The van der Waals surface area contributed by atoms with E-state index in [4.69, 9.17) is 16.7 Å². The zero-order chi connectivity index (χ0) is 22.8.